The molecule has 4 heteroatoms. The van der Waals surface area contributed by atoms with E-state index in [1.807, 2.05) is 12.1 Å². The largest absolute Gasteiger partial charge is 0.508 e. The van der Waals surface area contributed by atoms with E-state index in [-0.39, 0.29) is 5.75 Å². The van der Waals surface area contributed by atoms with Gasteiger partial charge in [0.2, 0.25) is 0 Å². The maximum Gasteiger partial charge on any atom is 0.131 e. The Hall–Kier alpha value is -3.14. The first-order valence-electron chi connectivity index (χ1n) is 19.1. The van der Waals surface area contributed by atoms with E-state index in [1.54, 1.807) is 0 Å². The van der Waals surface area contributed by atoms with Crippen LogP contribution in [0.3, 0.4) is 0 Å². The molecule has 0 unspecified atom stereocenters. The lowest BCUT2D eigenvalue weighted by molar-refractivity contribution is 0.215. The van der Waals surface area contributed by atoms with Crippen molar-refractivity contribution in [1.82, 2.24) is 0 Å². The number of hydrogen-bond acceptors (Lipinski definition) is 4. The summed E-state index contributed by atoms with van der Waals surface area (Å²) >= 11 is 0. The molecule has 0 bridgehead atoms. The molecule has 3 aromatic carbocycles. The highest BCUT2D eigenvalue weighted by molar-refractivity contribution is 5.80. The van der Waals surface area contributed by atoms with Crippen molar-refractivity contribution in [2.45, 2.75) is 145 Å². The maximum atomic E-state index is 11.4. The summed E-state index contributed by atoms with van der Waals surface area (Å²) < 4.78 is 13.0. The molecule has 0 radical (unpaired) electrons. The van der Waals surface area contributed by atoms with E-state index in [9.17, 15) is 10.2 Å². The van der Waals surface area contributed by atoms with Gasteiger partial charge in [-0.15, -0.1) is 0 Å². The molecular weight excluding hydrogens is 592 g/mol. The average Bonchev–Trinajstić information content (AvgIpc) is 3.02. The van der Waals surface area contributed by atoms with Crippen molar-refractivity contribution >= 4 is 0 Å². The first-order valence-corrected chi connectivity index (χ1v) is 19.1. The molecular formula is C44H66O4. The molecule has 0 spiro atoms. The first-order chi connectivity index (χ1) is 23.0. The Morgan fingerprint density at radius 1 is 0.625 bits per heavy atom. The fraction of sp³-hybridized carbons (Fsp3) is 0.591. The standard InChI is InChI=1S/C44H66O4/c1-9-11-13-18-35-27-40(45)38(23-20-33(7)17-15-16-31(3)4)42(29-35)47-24-25-48-43-30-36(19-14-12-10-2)28-41(46)44(43)39-26-34(8)21-22-37(39)32(5)6/h21-22,26-33,45-46H,9-20,23-25H2,1-8H3/t33-/m1/s1. The Labute approximate surface area is 293 Å². The molecule has 3 aromatic rings. The minimum absolute atomic E-state index is 0.266. The third-order valence-corrected chi connectivity index (χ3v) is 9.59. The second-order valence-electron chi connectivity index (χ2n) is 14.9. The molecule has 0 aliphatic heterocycles. The van der Waals surface area contributed by atoms with Crippen LogP contribution in [0.1, 0.15) is 146 Å². The van der Waals surface area contributed by atoms with Crippen molar-refractivity contribution in [2.75, 3.05) is 13.2 Å². The molecule has 2 N–H and O–H groups in total. The Balaban J connectivity index is 1.84. The summed E-state index contributed by atoms with van der Waals surface area (Å²) in [5.74, 6) is 3.72. The number of ether oxygens (including phenoxy) is 2. The van der Waals surface area contributed by atoms with E-state index < -0.39 is 0 Å². The molecule has 0 saturated heterocycles. The number of rotatable bonds is 22. The van der Waals surface area contributed by atoms with Gasteiger partial charge < -0.3 is 19.7 Å². The Kier molecular flexibility index (Phi) is 16.7. The molecule has 0 amide bonds. The van der Waals surface area contributed by atoms with Crippen LogP contribution < -0.4 is 9.47 Å². The van der Waals surface area contributed by atoms with Gasteiger partial charge in [-0.2, -0.15) is 0 Å². The van der Waals surface area contributed by atoms with Crippen molar-refractivity contribution in [1.29, 1.82) is 0 Å². The van der Waals surface area contributed by atoms with Gasteiger partial charge in [-0.1, -0.05) is 117 Å². The molecule has 0 heterocycles. The lowest BCUT2D eigenvalue weighted by Gasteiger charge is -2.20. The van der Waals surface area contributed by atoms with E-state index in [4.69, 9.17) is 9.47 Å². The van der Waals surface area contributed by atoms with Gasteiger partial charge in [-0.25, -0.2) is 0 Å². The number of aryl methyl sites for hydroxylation is 3. The zero-order valence-electron chi connectivity index (χ0n) is 31.6. The summed E-state index contributed by atoms with van der Waals surface area (Å²) in [6, 6.07) is 14.6. The van der Waals surface area contributed by atoms with Gasteiger partial charge in [0.15, 0.2) is 0 Å². The second-order valence-corrected chi connectivity index (χ2v) is 14.9. The van der Waals surface area contributed by atoms with Crippen LogP contribution in [0.25, 0.3) is 11.1 Å². The van der Waals surface area contributed by atoms with E-state index in [2.05, 4.69) is 85.7 Å². The van der Waals surface area contributed by atoms with E-state index in [1.165, 1.54) is 31.2 Å². The zero-order chi connectivity index (χ0) is 35.1. The van der Waals surface area contributed by atoms with Gasteiger partial charge in [-0.3, -0.25) is 0 Å². The van der Waals surface area contributed by atoms with Crippen LogP contribution in [0.15, 0.2) is 42.5 Å². The lowest BCUT2D eigenvalue weighted by atomic mass is 9.89. The molecule has 1 atom stereocenters. The monoisotopic (exact) mass is 658 g/mol. The highest BCUT2D eigenvalue weighted by Gasteiger charge is 2.20. The summed E-state index contributed by atoms with van der Waals surface area (Å²) in [6.07, 6.45) is 14.2. The summed E-state index contributed by atoms with van der Waals surface area (Å²) in [5.41, 5.74) is 7.23. The number of phenolic OH excluding ortho intramolecular Hbond substituents is 2. The average molecular weight is 659 g/mol. The summed E-state index contributed by atoms with van der Waals surface area (Å²) in [4.78, 5) is 0. The quantitative estimate of drug-likeness (QED) is 0.105. The van der Waals surface area contributed by atoms with Crippen LogP contribution in [0.4, 0.5) is 0 Å². The van der Waals surface area contributed by atoms with Gasteiger partial charge in [0.25, 0.3) is 0 Å². The molecule has 0 aromatic heterocycles. The molecule has 0 aliphatic carbocycles. The predicted molar refractivity (Wildman–Crippen MR) is 204 cm³/mol. The third kappa shape index (κ3) is 12.4. The second kappa shape index (κ2) is 20.4. The summed E-state index contributed by atoms with van der Waals surface area (Å²) in [5, 5.41) is 22.6. The third-order valence-electron chi connectivity index (χ3n) is 9.59. The molecule has 0 aliphatic rings. The fourth-order valence-corrected chi connectivity index (χ4v) is 6.66. The number of aromatic hydroxyl groups is 2. The van der Waals surface area contributed by atoms with Crippen molar-refractivity contribution in [3.8, 4) is 34.1 Å². The minimum Gasteiger partial charge on any atom is -0.508 e. The Morgan fingerprint density at radius 3 is 1.83 bits per heavy atom. The topological polar surface area (TPSA) is 58.9 Å². The number of hydrogen-bond donors (Lipinski definition) is 2. The van der Waals surface area contributed by atoms with Gasteiger partial charge in [0, 0.05) is 5.56 Å². The number of unbranched alkanes of at least 4 members (excludes halogenated alkanes) is 4. The Bertz CT molecular complexity index is 1390. The minimum atomic E-state index is 0.266. The molecule has 4 nitrogen and oxygen atoms in total. The van der Waals surface area contributed by atoms with E-state index in [0.29, 0.717) is 36.5 Å². The highest BCUT2D eigenvalue weighted by Crippen LogP contribution is 2.43. The van der Waals surface area contributed by atoms with Crippen LogP contribution in [-0.4, -0.2) is 23.4 Å². The van der Waals surface area contributed by atoms with Crippen LogP contribution in [-0.2, 0) is 19.3 Å². The van der Waals surface area contributed by atoms with Gasteiger partial charge >= 0.3 is 0 Å². The molecule has 0 saturated carbocycles. The zero-order valence-corrected chi connectivity index (χ0v) is 31.6. The first kappa shape index (κ1) is 39.3. The normalized spacial score (nSPS) is 12.2. The lowest BCUT2D eigenvalue weighted by Crippen LogP contribution is -2.12. The van der Waals surface area contributed by atoms with Crippen molar-refractivity contribution < 1.29 is 19.7 Å². The van der Waals surface area contributed by atoms with Gasteiger partial charge in [0.1, 0.15) is 36.2 Å². The van der Waals surface area contributed by atoms with Crippen LogP contribution in [0, 0.1) is 18.8 Å². The summed E-state index contributed by atoms with van der Waals surface area (Å²) in [6.45, 7) is 18.5. The Morgan fingerprint density at radius 2 is 1.23 bits per heavy atom. The number of benzene rings is 3. The number of phenols is 2. The molecule has 266 valence electrons. The van der Waals surface area contributed by atoms with Gasteiger partial charge in [0.05, 0.1) is 5.56 Å². The maximum absolute atomic E-state index is 11.4. The van der Waals surface area contributed by atoms with Crippen LogP contribution in [0.5, 0.6) is 23.0 Å². The van der Waals surface area contributed by atoms with Crippen molar-refractivity contribution in [3.63, 3.8) is 0 Å². The SMILES string of the molecule is CCCCCc1cc(O)c(CC[C@H](C)CCCC(C)C)c(OCCOc2cc(CCCCC)cc(O)c2-c2cc(C)ccc2C(C)C)c1. The van der Waals surface area contributed by atoms with Gasteiger partial charge in [-0.05, 0) is 110 Å². The van der Waals surface area contributed by atoms with Crippen molar-refractivity contribution in [2.24, 2.45) is 11.8 Å². The highest BCUT2D eigenvalue weighted by atomic mass is 16.5. The fourth-order valence-electron chi connectivity index (χ4n) is 6.66. The van der Waals surface area contributed by atoms with Crippen LogP contribution in [0.2, 0.25) is 0 Å². The van der Waals surface area contributed by atoms with E-state index in [0.717, 1.165) is 103 Å². The smallest absolute Gasteiger partial charge is 0.131 e. The predicted octanol–water partition coefficient (Wildman–Crippen LogP) is 12.5. The molecule has 3 rings (SSSR count). The molecule has 0 fully saturated rings. The van der Waals surface area contributed by atoms with E-state index >= 15 is 0 Å². The molecule has 48 heavy (non-hydrogen) atoms. The van der Waals surface area contributed by atoms with Crippen LogP contribution >= 0.6 is 0 Å². The van der Waals surface area contributed by atoms with Crippen molar-refractivity contribution in [3.05, 3.63) is 70.3 Å². The summed E-state index contributed by atoms with van der Waals surface area (Å²) in [7, 11) is 0.